The number of rotatable bonds is 5. The number of hydrogen-bond acceptors (Lipinski definition) is 2. The second kappa shape index (κ2) is 9.46. The summed E-state index contributed by atoms with van der Waals surface area (Å²) in [5, 5.41) is 6.60. The van der Waals surface area contributed by atoms with Crippen LogP contribution in [-0.2, 0) is 0 Å². The van der Waals surface area contributed by atoms with Crippen LogP contribution in [0.4, 0.5) is 13.2 Å². The third kappa shape index (κ3) is 6.36. The van der Waals surface area contributed by atoms with Crippen LogP contribution in [0.2, 0.25) is 5.02 Å². The number of guanidine groups is 1. The Hall–Kier alpha value is -1.47. The standard InChI is InChI=1S/C18H26ClF3N4/c1-23-17(24-9-8-18(20,21)22)25-12-14-6-4-10-26(2)16(14)13-5-3-7-15(19)11-13/h3,5,7,11,14,16H,4,6,8-10,12H2,1-2H3,(H2,23,24,25). The Morgan fingerprint density at radius 3 is 2.77 bits per heavy atom. The van der Waals surface area contributed by atoms with E-state index in [0.717, 1.165) is 24.9 Å². The Bertz CT molecular complexity index is 606. The van der Waals surface area contributed by atoms with Crippen molar-refractivity contribution in [2.24, 2.45) is 10.9 Å². The minimum Gasteiger partial charge on any atom is -0.356 e. The maximum absolute atomic E-state index is 12.3. The zero-order valence-corrected chi connectivity index (χ0v) is 15.9. The molecule has 1 saturated heterocycles. The van der Waals surface area contributed by atoms with Gasteiger partial charge in [-0.15, -0.1) is 0 Å². The first-order valence-electron chi connectivity index (χ1n) is 8.77. The number of likely N-dealkylation sites (tertiary alicyclic amines) is 1. The summed E-state index contributed by atoms with van der Waals surface area (Å²) in [5.74, 6) is 0.709. The molecule has 0 bridgehead atoms. The molecule has 0 aromatic heterocycles. The summed E-state index contributed by atoms with van der Waals surface area (Å²) in [4.78, 5) is 6.32. The van der Waals surface area contributed by atoms with Gasteiger partial charge in [-0.2, -0.15) is 13.2 Å². The lowest BCUT2D eigenvalue weighted by Gasteiger charge is -2.40. The number of nitrogens with zero attached hydrogens (tertiary/aromatic N) is 2. The van der Waals surface area contributed by atoms with E-state index in [2.05, 4.69) is 33.6 Å². The monoisotopic (exact) mass is 390 g/mol. The number of benzene rings is 1. The third-order valence-corrected chi connectivity index (χ3v) is 4.89. The Morgan fingerprint density at radius 1 is 1.35 bits per heavy atom. The first-order valence-corrected chi connectivity index (χ1v) is 9.15. The summed E-state index contributed by atoms with van der Waals surface area (Å²) < 4.78 is 36.9. The van der Waals surface area contributed by atoms with Gasteiger partial charge in [0, 0.05) is 31.2 Å². The van der Waals surface area contributed by atoms with Crippen LogP contribution in [0.5, 0.6) is 0 Å². The summed E-state index contributed by atoms with van der Waals surface area (Å²) >= 11 is 6.15. The van der Waals surface area contributed by atoms with Gasteiger partial charge in [0.05, 0.1) is 6.42 Å². The molecule has 1 aromatic carbocycles. The fraction of sp³-hybridized carbons (Fsp3) is 0.611. The first-order chi connectivity index (χ1) is 12.3. The van der Waals surface area contributed by atoms with E-state index in [1.807, 2.05) is 18.2 Å². The van der Waals surface area contributed by atoms with Crippen molar-refractivity contribution in [1.82, 2.24) is 15.5 Å². The molecule has 2 atom stereocenters. The molecule has 0 radical (unpaired) electrons. The molecule has 4 nitrogen and oxygen atoms in total. The van der Waals surface area contributed by atoms with Crippen molar-refractivity contribution >= 4 is 17.6 Å². The molecule has 8 heteroatoms. The lowest BCUT2D eigenvalue weighted by atomic mass is 9.85. The molecule has 2 unspecified atom stereocenters. The third-order valence-electron chi connectivity index (χ3n) is 4.65. The minimum absolute atomic E-state index is 0.189. The molecule has 1 heterocycles. The number of piperidine rings is 1. The maximum atomic E-state index is 12.3. The van der Waals surface area contributed by atoms with Gasteiger partial charge in [0.25, 0.3) is 0 Å². The number of aliphatic imine (C=N–C) groups is 1. The minimum atomic E-state index is -4.17. The number of halogens is 4. The second-order valence-electron chi connectivity index (χ2n) is 6.63. The van der Waals surface area contributed by atoms with E-state index in [0.29, 0.717) is 23.4 Å². The molecule has 26 heavy (non-hydrogen) atoms. The molecule has 1 aliphatic heterocycles. The summed E-state index contributed by atoms with van der Waals surface area (Å²) in [5.41, 5.74) is 1.16. The predicted molar refractivity (Wildman–Crippen MR) is 99.6 cm³/mol. The topological polar surface area (TPSA) is 39.7 Å². The molecule has 1 aromatic rings. The number of nitrogens with one attached hydrogen (secondary N) is 2. The van der Waals surface area contributed by atoms with E-state index in [1.54, 1.807) is 7.05 Å². The molecule has 0 saturated carbocycles. The highest BCUT2D eigenvalue weighted by Crippen LogP contribution is 2.35. The van der Waals surface area contributed by atoms with Crippen LogP contribution in [0.1, 0.15) is 30.9 Å². The fourth-order valence-electron chi connectivity index (χ4n) is 3.46. The average Bonchev–Trinajstić information content (AvgIpc) is 2.57. The van der Waals surface area contributed by atoms with Crippen molar-refractivity contribution in [2.45, 2.75) is 31.5 Å². The normalized spacial score (nSPS) is 22.3. The van der Waals surface area contributed by atoms with Gasteiger partial charge in [-0.1, -0.05) is 23.7 Å². The van der Waals surface area contributed by atoms with Crippen LogP contribution < -0.4 is 10.6 Å². The quantitative estimate of drug-likeness (QED) is 0.592. The van der Waals surface area contributed by atoms with Gasteiger partial charge in [0.15, 0.2) is 5.96 Å². The molecule has 0 amide bonds. The molecule has 1 fully saturated rings. The molecular formula is C18H26ClF3N4. The summed E-state index contributed by atoms with van der Waals surface area (Å²) in [6.45, 7) is 1.45. The van der Waals surface area contributed by atoms with Crippen molar-refractivity contribution in [2.75, 3.05) is 33.7 Å². The van der Waals surface area contributed by atoms with Crippen molar-refractivity contribution < 1.29 is 13.2 Å². The molecule has 0 aliphatic carbocycles. The fourth-order valence-corrected chi connectivity index (χ4v) is 3.66. The summed E-state index contributed by atoms with van der Waals surface area (Å²) in [7, 11) is 3.65. The lowest BCUT2D eigenvalue weighted by Crippen LogP contribution is -2.45. The van der Waals surface area contributed by atoms with Crippen molar-refractivity contribution in [3.63, 3.8) is 0 Å². The zero-order chi connectivity index (χ0) is 19.2. The van der Waals surface area contributed by atoms with E-state index in [4.69, 9.17) is 11.6 Å². The summed E-state index contributed by atoms with van der Waals surface area (Å²) in [6.07, 6.45) is -2.94. The lowest BCUT2D eigenvalue weighted by molar-refractivity contribution is -0.132. The van der Waals surface area contributed by atoms with Gasteiger partial charge in [-0.05, 0) is 50.0 Å². The first kappa shape index (κ1) is 20.8. The SMILES string of the molecule is CN=C(NCCC(F)(F)F)NCC1CCCN(C)C1c1cccc(Cl)c1. The van der Waals surface area contributed by atoms with Crippen LogP contribution in [0.3, 0.4) is 0 Å². The highest BCUT2D eigenvalue weighted by Gasteiger charge is 2.31. The van der Waals surface area contributed by atoms with E-state index in [9.17, 15) is 13.2 Å². The largest absolute Gasteiger partial charge is 0.390 e. The zero-order valence-electron chi connectivity index (χ0n) is 15.1. The Morgan fingerprint density at radius 2 is 2.12 bits per heavy atom. The van der Waals surface area contributed by atoms with Crippen molar-refractivity contribution in [1.29, 1.82) is 0 Å². The van der Waals surface area contributed by atoms with Gasteiger partial charge in [0.2, 0.25) is 0 Å². The van der Waals surface area contributed by atoms with Crippen LogP contribution in [-0.4, -0.2) is 50.8 Å². The number of hydrogen-bond donors (Lipinski definition) is 2. The van der Waals surface area contributed by atoms with Gasteiger partial charge in [0.1, 0.15) is 0 Å². The molecule has 146 valence electrons. The number of alkyl halides is 3. The van der Waals surface area contributed by atoms with Gasteiger partial charge in [-0.25, -0.2) is 0 Å². The van der Waals surface area contributed by atoms with Crippen LogP contribution >= 0.6 is 11.6 Å². The highest BCUT2D eigenvalue weighted by atomic mass is 35.5. The van der Waals surface area contributed by atoms with E-state index in [-0.39, 0.29) is 12.6 Å². The molecule has 2 rings (SSSR count). The van der Waals surface area contributed by atoms with Gasteiger partial charge in [-0.3, -0.25) is 9.89 Å². The molecular weight excluding hydrogens is 365 g/mol. The van der Waals surface area contributed by atoms with Crippen molar-refractivity contribution in [3.05, 3.63) is 34.9 Å². The van der Waals surface area contributed by atoms with Crippen molar-refractivity contribution in [3.8, 4) is 0 Å². The maximum Gasteiger partial charge on any atom is 0.390 e. The van der Waals surface area contributed by atoms with Crippen LogP contribution in [0, 0.1) is 5.92 Å². The Kier molecular flexibility index (Phi) is 7.58. The summed E-state index contributed by atoms with van der Waals surface area (Å²) in [6, 6.07) is 8.07. The Labute approximate surface area is 157 Å². The molecule has 2 N–H and O–H groups in total. The van der Waals surface area contributed by atoms with Gasteiger partial charge < -0.3 is 10.6 Å². The van der Waals surface area contributed by atoms with Gasteiger partial charge >= 0.3 is 6.18 Å². The van der Waals surface area contributed by atoms with E-state index >= 15 is 0 Å². The highest BCUT2D eigenvalue weighted by molar-refractivity contribution is 6.30. The van der Waals surface area contributed by atoms with E-state index in [1.165, 1.54) is 0 Å². The molecule has 1 aliphatic rings. The second-order valence-corrected chi connectivity index (χ2v) is 7.06. The van der Waals surface area contributed by atoms with E-state index < -0.39 is 12.6 Å². The Balaban J connectivity index is 1.97. The predicted octanol–water partition coefficient (Wildman–Crippen LogP) is 3.84. The smallest absolute Gasteiger partial charge is 0.356 e. The molecule has 0 spiro atoms. The average molecular weight is 391 g/mol. The van der Waals surface area contributed by atoms with Crippen LogP contribution in [0.25, 0.3) is 0 Å². The van der Waals surface area contributed by atoms with Crippen LogP contribution in [0.15, 0.2) is 29.3 Å².